The fourth-order valence-corrected chi connectivity index (χ4v) is 0.548. The molecule has 0 aromatic heterocycles. The lowest BCUT2D eigenvalue weighted by molar-refractivity contribution is 0.194. The van der Waals surface area contributed by atoms with E-state index >= 15 is 0 Å². The van der Waals surface area contributed by atoms with Crippen molar-refractivity contribution in [3.8, 4) is 0 Å². The van der Waals surface area contributed by atoms with Crippen molar-refractivity contribution in [2.75, 3.05) is 0 Å². The Balaban J connectivity index is 4.21. The Hall–Kier alpha value is -0.860. The van der Waals surface area contributed by atoms with Crippen LogP contribution in [0.3, 0.4) is 0 Å². The first kappa shape index (κ1) is 9.14. The second kappa shape index (κ2) is 3.34. The lowest BCUT2D eigenvalue weighted by Crippen LogP contribution is -2.32. The van der Waals surface area contributed by atoms with Crippen molar-refractivity contribution in [3.05, 3.63) is 12.3 Å². The largest absolute Gasteiger partial charge is 0.250 e. The second-order valence-corrected chi connectivity index (χ2v) is 3.10. The summed E-state index contributed by atoms with van der Waals surface area (Å²) < 4.78 is 0. The van der Waals surface area contributed by atoms with Crippen molar-refractivity contribution in [1.29, 1.82) is 5.53 Å². The van der Waals surface area contributed by atoms with E-state index in [1.54, 1.807) is 11.2 Å². The van der Waals surface area contributed by atoms with Crippen molar-refractivity contribution < 1.29 is 0 Å². The number of allylic oxidation sites excluding steroid dienone is 1. The summed E-state index contributed by atoms with van der Waals surface area (Å²) in [5.74, 6) is 0. The van der Waals surface area contributed by atoms with Crippen LogP contribution < -0.4 is 0 Å². The third-order valence-electron chi connectivity index (χ3n) is 1.09. The highest BCUT2D eigenvalue weighted by atomic mass is 15.5. The van der Waals surface area contributed by atoms with E-state index < -0.39 is 0 Å². The summed E-state index contributed by atoms with van der Waals surface area (Å²) in [6.45, 7) is 7.92. The molecule has 0 unspecified atom stereocenters. The van der Waals surface area contributed by atoms with E-state index in [1.165, 1.54) is 0 Å². The zero-order valence-corrected chi connectivity index (χ0v) is 7.05. The van der Waals surface area contributed by atoms with Gasteiger partial charge in [0.25, 0.3) is 0 Å². The normalized spacial score (nSPS) is 12.0. The molecule has 0 rings (SSSR count). The first-order valence-electron chi connectivity index (χ1n) is 3.32. The quantitative estimate of drug-likeness (QED) is 0.466. The SMILES string of the molecule is C/C=C\N(N=N)C(C)(C)C. The topological polar surface area (TPSA) is 39.5 Å². The zero-order valence-electron chi connectivity index (χ0n) is 7.05. The first-order valence-corrected chi connectivity index (χ1v) is 3.32. The molecule has 0 aromatic rings. The van der Waals surface area contributed by atoms with E-state index in [2.05, 4.69) is 5.22 Å². The predicted octanol–water partition coefficient (Wildman–Crippen LogP) is 2.57. The Morgan fingerprint density at radius 1 is 1.40 bits per heavy atom. The van der Waals surface area contributed by atoms with Crippen LogP contribution in [0.1, 0.15) is 27.7 Å². The molecule has 0 bridgehead atoms. The highest BCUT2D eigenvalue weighted by Crippen LogP contribution is 2.13. The van der Waals surface area contributed by atoms with Crippen molar-refractivity contribution in [1.82, 2.24) is 5.01 Å². The predicted molar refractivity (Wildman–Crippen MR) is 41.6 cm³/mol. The summed E-state index contributed by atoms with van der Waals surface area (Å²) in [5, 5.41) is 4.95. The average Bonchev–Trinajstić information content (AvgIpc) is 1.80. The first-order chi connectivity index (χ1) is 4.52. The summed E-state index contributed by atoms with van der Waals surface area (Å²) in [5.41, 5.74) is 6.73. The van der Waals surface area contributed by atoms with E-state index in [4.69, 9.17) is 5.53 Å². The molecule has 0 amide bonds. The van der Waals surface area contributed by atoms with Crippen LogP contribution in [0.15, 0.2) is 17.5 Å². The maximum Gasteiger partial charge on any atom is 0.0560 e. The van der Waals surface area contributed by atoms with Crippen molar-refractivity contribution in [2.45, 2.75) is 33.2 Å². The molecule has 0 aliphatic rings. The number of rotatable bonds is 2. The van der Waals surface area contributed by atoms with Gasteiger partial charge in [-0.3, -0.25) is 0 Å². The monoisotopic (exact) mass is 141 g/mol. The summed E-state index contributed by atoms with van der Waals surface area (Å²) in [7, 11) is 0. The molecule has 0 aliphatic carbocycles. The van der Waals surface area contributed by atoms with Gasteiger partial charge >= 0.3 is 0 Å². The molecule has 0 spiro atoms. The molecule has 58 valence electrons. The zero-order chi connectivity index (χ0) is 8.20. The van der Waals surface area contributed by atoms with Crippen molar-refractivity contribution in [2.24, 2.45) is 5.22 Å². The second-order valence-electron chi connectivity index (χ2n) is 3.10. The van der Waals surface area contributed by atoms with Gasteiger partial charge in [0.2, 0.25) is 0 Å². The molecule has 0 saturated carbocycles. The van der Waals surface area contributed by atoms with Crippen molar-refractivity contribution >= 4 is 0 Å². The highest BCUT2D eigenvalue weighted by Gasteiger charge is 2.16. The Morgan fingerprint density at radius 2 is 1.90 bits per heavy atom. The number of hydrogen-bond acceptors (Lipinski definition) is 2. The van der Waals surface area contributed by atoms with E-state index in [1.807, 2.05) is 33.8 Å². The maximum atomic E-state index is 6.82. The summed E-state index contributed by atoms with van der Waals surface area (Å²) in [6.07, 6.45) is 3.65. The van der Waals surface area contributed by atoms with Crippen LogP contribution in [0, 0.1) is 5.53 Å². The van der Waals surface area contributed by atoms with Gasteiger partial charge in [-0.15, -0.1) is 0 Å². The van der Waals surface area contributed by atoms with Crippen LogP contribution in [-0.4, -0.2) is 10.5 Å². The van der Waals surface area contributed by atoms with Crippen LogP contribution in [0.25, 0.3) is 0 Å². The van der Waals surface area contributed by atoms with Gasteiger partial charge in [0.15, 0.2) is 0 Å². The van der Waals surface area contributed by atoms with Crippen LogP contribution in [0.5, 0.6) is 0 Å². The van der Waals surface area contributed by atoms with Gasteiger partial charge in [-0.1, -0.05) is 11.3 Å². The molecule has 0 fully saturated rings. The van der Waals surface area contributed by atoms with Crippen LogP contribution >= 0.6 is 0 Å². The number of nitrogens with one attached hydrogen (secondary N) is 1. The Morgan fingerprint density at radius 3 is 2.00 bits per heavy atom. The van der Waals surface area contributed by atoms with E-state index in [9.17, 15) is 0 Å². The van der Waals surface area contributed by atoms with Gasteiger partial charge in [0.1, 0.15) is 0 Å². The summed E-state index contributed by atoms with van der Waals surface area (Å²) >= 11 is 0. The molecule has 0 radical (unpaired) electrons. The van der Waals surface area contributed by atoms with Crippen molar-refractivity contribution in [3.63, 3.8) is 0 Å². The Bertz CT molecular complexity index is 132. The van der Waals surface area contributed by atoms with Gasteiger partial charge in [-0.25, -0.2) is 5.01 Å². The van der Waals surface area contributed by atoms with Gasteiger partial charge < -0.3 is 0 Å². The molecule has 0 aromatic carbocycles. The molecular formula is C7H15N3. The number of nitrogens with zero attached hydrogens (tertiary/aromatic N) is 2. The molecule has 0 heterocycles. The Labute approximate surface area is 62.2 Å². The van der Waals surface area contributed by atoms with Crippen LogP contribution in [0.4, 0.5) is 0 Å². The standard InChI is InChI=1S/C7H15N3/c1-5-6-10(9-8)7(2,3)4/h5-6,8H,1-4H3/b6-5-,9-8?. The summed E-state index contributed by atoms with van der Waals surface area (Å²) in [4.78, 5) is 0. The lowest BCUT2D eigenvalue weighted by Gasteiger charge is -2.27. The number of hydrogen-bond donors (Lipinski definition) is 1. The molecule has 1 N–H and O–H groups in total. The molecule has 0 aliphatic heterocycles. The van der Waals surface area contributed by atoms with Gasteiger partial charge in [0.05, 0.1) is 5.54 Å². The minimum Gasteiger partial charge on any atom is -0.250 e. The van der Waals surface area contributed by atoms with E-state index in [-0.39, 0.29) is 5.54 Å². The third-order valence-corrected chi connectivity index (χ3v) is 1.09. The van der Waals surface area contributed by atoms with E-state index in [0.29, 0.717) is 0 Å². The van der Waals surface area contributed by atoms with Gasteiger partial charge in [-0.05, 0) is 27.7 Å². The lowest BCUT2D eigenvalue weighted by atomic mass is 10.1. The molecule has 3 heteroatoms. The van der Waals surface area contributed by atoms with Crippen LogP contribution in [0.2, 0.25) is 0 Å². The minimum atomic E-state index is -0.0890. The van der Waals surface area contributed by atoms with Crippen LogP contribution in [-0.2, 0) is 0 Å². The molecule has 10 heavy (non-hydrogen) atoms. The van der Waals surface area contributed by atoms with Gasteiger partial charge in [0, 0.05) is 6.20 Å². The highest BCUT2D eigenvalue weighted by molar-refractivity contribution is 4.84. The fraction of sp³-hybridized carbons (Fsp3) is 0.714. The molecule has 3 nitrogen and oxygen atoms in total. The van der Waals surface area contributed by atoms with E-state index in [0.717, 1.165) is 0 Å². The fourth-order valence-electron chi connectivity index (χ4n) is 0.548. The molecular weight excluding hydrogens is 126 g/mol. The maximum absolute atomic E-state index is 6.82. The minimum absolute atomic E-state index is 0.0890. The van der Waals surface area contributed by atoms with Gasteiger partial charge in [-0.2, -0.15) is 5.53 Å². The Kier molecular flexibility index (Phi) is 3.06. The third kappa shape index (κ3) is 2.62. The molecule has 0 atom stereocenters. The summed E-state index contributed by atoms with van der Waals surface area (Å²) in [6, 6.07) is 0. The average molecular weight is 141 g/mol. The smallest absolute Gasteiger partial charge is 0.0560 e. The molecule has 0 saturated heterocycles.